The Hall–Kier alpha value is -0.710. The molecule has 0 saturated carbocycles. The molecule has 0 rings (SSSR count). The number of unbranched alkanes of at least 4 members (excludes halogenated alkanes) is 2. The van der Waals surface area contributed by atoms with E-state index in [4.69, 9.17) is 9.47 Å². The van der Waals surface area contributed by atoms with Gasteiger partial charge in [0.25, 0.3) is 0 Å². The van der Waals surface area contributed by atoms with E-state index in [-0.39, 0.29) is 11.9 Å². The number of carbonyl (C=O) groups excluding carboxylic acids is 2. The largest absolute Gasteiger partial charge is 0.465 e. The maximum atomic E-state index is 11.8. The van der Waals surface area contributed by atoms with Crippen molar-refractivity contribution < 1.29 is 19.1 Å². The van der Waals surface area contributed by atoms with Gasteiger partial charge in [-0.05, 0) is 24.7 Å². The van der Waals surface area contributed by atoms with Crippen LogP contribution in [0.4, 0.5) is 0 Å². The van der Waals surface area contributed by atoms with Gasteiger partial charge in [0.15, 0.2) is 0 Å². The summed E-state index contributed by atoms with van der Waals surface area (Å²) in [5, 5.41) is 0. The van der Waals surface area contributed by atoms with E-state index in [0.29, 0.717) is 49.4 Å². The van der Waals surface area contributed by atoms with Crippen LogP contribution >= 0.6 is 11.8 Å². The molecule has 160 valence electrons. The Morgan fingerprint density at radius 3 is 1.48 bits per heavy atom. The normalized spacial score (nSPS) is 13.2. The number of hydrogen-bond acceptors (Lipinski definition) is 5. The fourth-order valence-electron chi connectivity index (χ4n) is 2.78. The highest BCUT2D eigenvalue weighted by atomic mass is 32.2. The van der Waals surface area contributed by atoms with Gasteiger partial charge < -0.3 is 9.47 Å². The summed E-state index contributed by atoms with van der Waals surface area (Å²) in [5.74, 6) is 2.13. The van der Waals surface area contributed by atoms with Gasteiger partial charge in [-0.15, -0.1) is 0 Å². The molecular formula is C22H42O4S. The van der Waals surface area contributed by atoms with Crippen LogP contribution in [0.25, 0.3) is 0 Å². The van der Waals surface area contributed by atoms with Crippen LogP contribution in [0.5, 0.6) is 0 Å². The van der Waals surface area contributed by atoms with Crippen molar-refractivity contribution in [2.75, 3.05) is 24.7 Å². The van der Waals surface area contributed by atoms with E-state index in [1.165, 1.54) is 25.7 Å². The molecule has 0 saturated heterocycles. The van der Waals surface area contributed by atoms with Crippen LogP contribution in [0.1, 0.15) is 91.9 Å². The van der Waals surface area contributed by atoms with E-state index < -0.39 is 0 Å². The predicted molar refractivity (Wildman–Crippen MR) is 115 cm³/mol. The van der Waals surface area contributed by atoms with Crippen LogP contribution < -0.4 is 0 Å². The summed E-state index contributed by atoms with van der Waals surface area (Å²) < 4.78 is 10.8. The number of ether oxygens (including phenoxy) is 2. The molecule has 0 N–H and O–H groups in total. The van der Waals surface area contributed by atoms with Gasteiger partial charge in [0.05, 0.1) is 26.1 Å². The summed E-state index contributed by atoms with van der Waals surface area (Å²) >= 11 is 1.62. The highest BCUT2D eigenvalue weighted by molar-refractivity contribution is 7.99. The molecule has 0 aromatic heterocycles. The zero-order valence-corrected chi connectivity index (χ0v) is 18.9. The third kappa shape index (κ3) is 16.0. The van der Waals surface area contributed by atoms with E-state index >= 15 is 0 Å². The first-order valence-electron chi connectivity index (χ1n) is 11.0. The molecule has 0 bridgehead atoms. The van der Waals surface area contributed by atoms with Gasteiger partial charge >= 0.3 is 11.9 Å². The van der Waals surface area contributed by atoms with E-state index in [1.54, 1.807) is 11.8 Å². The quantitative estimate of drug-likeness (QED) is 0.207. The minimum absolute atomic E-state index is 0.123. The molecule has 0 aliphatic carbocycles. The molecule has 0 heterocycles. The molecule has 27 heavy (non-hydrogen) atoms. The Bertz CT molecular complexity index is 339. The number of hydrogen-bond donors (Lipinski definition) is 0. The van der Waals surface area contributed by atoms with Gasteiger partial charge in [0.2, 0.25) is 0 Å². The Morgan fingerprint density at radius 1 is 0.741 bits per heavy atom. The first-order chi connectivity index (χ1) is 13.1. The van der Waals surface area contributed by atoms with Crippen molar-refractivity contribution in [1.82, 2.24) is 0 Å². The SMILES string of the molecule is CCCC[C@H](CC)COC(=O)CCSCCC(=O)OC[C@@H](CC)CCCC. The van der Waals surface area contributed by atoms with Crippen molar-refractivity contribution in [3.63, 3.8) is 0 Å². The molecular weight excluding hydrogens is 360 g/mol. The fourth-order valence-corrected chi connectivity index (χ4v) is 3.60. The summed E-state index contributed by atoms with van der Waals surface area (Å²) in [7, 11) is 0. The molecule has 0 aliphatic heterocycles. The van der Waals surface area contributed by atoms with Crippen LogP contribution in [0.3, 0.4) is 0 Å². The van der Waals surface area contributed by atoms with Gasteiger partial charge in [0.1, 0.15) is 0 Å². The lowest BCUT2D eigenvalue weighted by molar-refractivity contribution is -0.145. The van der Waals surface area contributed by atoms with Crippen molar-refractivity contribution in [3.8, 4) is 0 Å². The van der Waals surface area contributed by atoms with E-state index in [2.05, 4.69) is 27.7 Å². The van der Waals surface area contributed by atoms with E-state index in [1.807, 2.05) is 0 Å². The third-order valence-electron chi connectivity index (χ3n) is 4.95. The summed E-state index contributed by atoms with van der Waals surface area (Å²) in [5.41, 5.74) is 0. The first-order valence-corrected chi connectivity index (χ1v) is 12.1. The molecule has 5 heteroatoms. The zero-order chi connectivity index (χ0) is 20.3. The lowest BCUT2D eigenvalue weighted by Crippen LogP contribution is -2.15. The van der Waals surface area contributed by atoms with Crippen LogP contribution in [0.2, 0.25) is 0 Å². The zero-order valence-electron chi connectivity index (χ0n) is 18.1. The number of rotatable bonds is 18. The van der Waals surface area contributed by atoms with Gasteiger partial charge in [0, 0.05) is 11.5 Å². The summed E-state index contributed by atoms with van der Waals surface area (Å²) in [6, 6.07) is 0. The second-order valence-electron chi connectivity index (χ2n) is 7.31. The topological polar surface area (TPSA) is 52.6 Å². The van der Waals surface area contributed by atoms with Gasteiger partial charge in [-0.3, -0.25) is 9.59 Å². The molecule has 0 aromatic rings. The second kappa shape index (κ2) is 18.6. The smallest absolute Gasteiger partial charge is 0.306 e. The van der Waals surface area contributed by atoms with Crippen molar-refractivity contribution in [2.45, 2.75) is 91.9 Å². The minimum atomic E-state index is -0.123. The van der Waals surface area contributed by atoms with Crippen LogP contribution in [0, 0.1) is 11.8 Å². The molecule has 0 spiro atoms. The van der Waals surface area contributed by atoms with E-state index in [0.717, 1.165) is 25.7 Å². The first kappa shape index (κ1) is 26.3. The molecule has 0 aliphatic rings. The molecule has 0 radical (unpaired) electrons. The van der Waals surface area contributed by atoms with Gasteiger partial charge in [-0.1, -0.05) is 66.2 Å². The minimum Gasteiger partial charge on any atom is -0.465 e. The Morgan fingerprint density at radius 2 is 1.15 bits per heavy atom. The molecule has 0 unspecified atom stereocenters. The molecule has 0 aromatic carbocycles. The lowest BCUT2D eigenvalue weighted by Gasteiger charge is -2.15. The average molecular weight is 403 g/mol. The third-order valence-corrected chi connectivity index (χ3v) is 5.93. The number of carbonyl (C=O) groups is 2. The van der Waals surface area contributed by atoms with Crippen LogP contribution in [0.15, 0.2) is 0 Å². The predicted octanol–water partition coefficient (Wildman–Crippen LogP) is 6.02. The summed E-state index contributed by atoms with van der Waals surface area (Å²) in [4.78, 5) is 23.6. The second-order valence-corrected chi connectivity index (χ2v) is 8.54. The molecule has 2 atom stereocenters. The Balaban J connectivity index is 3.68. The van der Waals surface area contributed by atoms with Crippen molar-refractivity contribution in [1.29, 1.82) is 0 Å². The van der Waals surface area contributed by atoms with E-state index in [9.17, 15) is 9.59 Å². The van der Waals surface area contributed by atoms with Crippen LogP contribution in [-0.4, -0.2) is 36.7 Å². The summed E-state index contributed by atoms with van der Waals surface area (Å²) in [6.07, 6.45) is 9.96. The van der Waals surface area contributed by atoms with Crippen molar-refractivity contribution in [2.24, 2.45) is 11.8 Å². The molecule has 0 fully saturated rings. The monoisotopic (exact) mass is 402 g/mol. The van der Waals surface area contributed by atoms with Crippen molar-refractivity contribution >= 4 is 23.7 Å². The van der Waals surface area contributed by atoms with Gasteiger partial charge in [-0.25, -0.2) is 0 Å². The van der Waals surface area contributed by atoms with Crippen molar-refractivity contribution in [3.05, 3.63) is 0 Å². The Kier molecular flexibility index (Phi) is 18.2. The summed E-state index contributed by atoms with van der Waals surface area (Å²) in [6.45, 7) is 9.75. The highest BCUT2D eigenvalue weighted by Crippen LogP contribution is 2.15. The maximum absolute atomic E-state index is 11.8. The molecule has 4 nitrogen and oxygen atoms in total. The fraction of sp³-hybridized carbons (Fsp3) is 0.909. The highest BCUT2D eigenvalue weighted by Gasteiger charge is 2.11. The van der Waals surface area contributed by atoms with Crippen LogP contribution in [-0.2, 0) is 19.1 Å². The number of esters is 2. The molecule has 0 amide bonds. The lowest BCUT2D eigenvalue weighted by atomic mass is 10.0. The average Bonchev–Trinajstić information content (AvgIpc) is 2.68. The maximum Gasteiger partial charge on any atom is 0.306 e. The Labute approximate surface area is 171 Å². The standard InChI is InChI=1S/C22H42O4S/c1-5-9-11-19(7-3)17-25-21(23)13-15-27-16-14-22(24)26-18-20(8-4)12-10-6-2/h19-20H,5-18H2,1-4H3/t19-,20-/m0/s1. The number of thioether (sulfide) groups is 1. The van der Waals surface area contributed by atoms with Gasteiger partial charge in [-0.2, -0.15) is 11.8 Å².